The first-order valence-electron chi connectivity index (χ1n) is 5.87. The van der Waals surface area contributed by atoms with Crippen LogP contribution in [0.25, 0.3) is 0 Å². The van der Waals surface area contributed by atoms with Gasteiger partial charge in [0.1, 0.15) is 0 Å². The summed E-state index contributed by atoms with van der Waals surface area (Å²) >= 11 is 1.73. The highest BCUT2D eigenvalue weighted by atomic mass is 32.1. The Hall–Kier alpha value is -1.19. The molecule has 0 radical (unpaired) electrons. The van der Waals surface area contributed by atoms with Gasteiger partial charge in [0, 0.05) is 23.4 Å². The zero-order valence-electron chi connectivity index (χ0n) is 10.3. The monoisotopic (exact) mass is 246 g/mol. The average Bonchev–Trinajstić information content (AvgIpc) is 2.73. The van der Waals surface area contributed by atoms with Gasteiger partial charge in [-0.2, -0.15) is 0 Å². The zero-order chi connectivity index (χ0) is 12.3. The van der Waals surface area contributed by atoms with Crippen molar-refractivity contribution in [3.8, 4) is 0 Å². The maximum absolute atomic E-state index is 5.91. The standard InChI is InChI=1S/C14H18N2S/c1-10-5-3-4-6-13(10)12(8-15)7-14-16-11(2)9-17-14/h3-6,9,12H,7-8,15H2,1-2H3. The number of nitrogens with zero attached hydrogens (tertiary/aromatic N) is 1. The quantitative estimate of drug-likeness (QED) is 0.900. The van der Waals surface area contributed by atoms with Crippen LogP contribution < -0.4 is 5.73 Å². The minimum Gasteiger partial charge on any atom is -0.330 e. The van der Waals surface area contributed by atoms with Crippen LogP contribution in [0.15, 0.2) is 29.6 Å². The van der Waals surface area contributed by atoms with Crippen LogP contribution in [0.3, 0.4) is 0 Å². The van der Waals surface area contributed by atoms with E-state index in [1.807, 2.05) is 6.92 Å². The van der Waals surface area contributed by atoms with E-state index >= 15 is 0 Å². The second-order valence-electron chi connectivity index (χ2n) is 4.38. The molecule has 0 amide bonds. The maximum Gasteiger partial charge on any atom is 0.0934 e. The van der Waals surface area contributed by atoms with Gasteiger partial charge in [0.15, 0.2) is 0 Å². The minimum atomic E-state index is 0.377. The predicted molar refractivity (Wildman–Crippen MR) is 73.5 cm³/mol. The molecule has 1 atom stereocenters. The Kier molecular flexibility index (Phi) is 3.92. The second kappa shape index (κ2) is 5.43. The molecule has 2 N–H and O–H groups in total. The third-order valence-electron chi connectivity index (χ3n) is 3.00. The van der Waals surface area contributed by atoms with Gasteiger partial charge in [-0.1, -0.05) is 24.3 Å². The predicted octanol–water partition coefficient (Wildman–Crippen LogP) is 3.04. The van der Waals surface area contributed by atoms with Crippen LogP contribution in [-0.2, 0) is 6.42 Å². The lowest BCUT2D eigenvalue weighted by Crippen LogP contribution is -2.16. The van der Waals surface area contributed by atoms with Crippen molar-refractivity contribution in [2.75, 3.05) is 6.54 Å². The van der Waals surface area contributed by atoms with Crippen molar-refractivity contribution in [3.63, 3.8) is 0 Å². The first kappa shape index (κ1) is 12.3. The van der Waals surface area contributed by atoms with Gasteiger partial charge in [-0.05, 0) is 31.5 Å². The fourth-order valence-corrected chi connectivity index (χ4v) is 2.93. The molecular weight excluding hydrogens is 228 g/mol. The topological polar surface area (TPSA) is 38.9 Å². The van der Waals surface area contributed by atoms with E-state index < -0.39 is 0 Å². The van der Waals surface area contributed by atoms with Crippen molar-refractivity contribution in [1.29, 1.82) is 0 Å². The van der Waals surface area contributed by atoms with E-state index in [-0.39, 0.29) is 0 Å². The summed E-state index contributed by atoms with van der Waals surface area (Å²) in [4.78, 5) is 4.52. The second-order valence-corrected chi connectivity index (χ2v) is 5.32. The zero-order valence-corrected chi connectivity index (χ0v) is 11.1. The molecule has 1 aromatic carbocycles. The molecule has 2 aromatic rings. The van der Waals surface area contributed by atoms with Gasteiger partial charge in [0.25, 0.3) is 0 Å². The Morgan fingerprint density at radius 1 is 1.29 bits per heavy atom. The Bertz CT molecular complexity index is 490. The van der Waals surface area contributed by atoms with Crippen LogP contribution in [0.1, 0.15) is 27.7 Å². The summed E-state index contributed by atoms with van der Waals surface area (Å²) in [6.45, 7) is 4.85. The molecule has 0 aliphatic rings. The molecule has 17 heavy (non-hydrogen) atoms. The van der Waals surface area contributed by atoms with Crippen molar-refractivity contribution in [2.45, 2.75) is 26.2 Å². The summed E-state index contributed by atoms with van der Waals surface area (Å²) in [6.07, 6.45) is 0.944. The molecule has 0 spiro atoms. The molecule has 90 valence electrons. The lowest BCUT2D eigenvalue weighted by Gasteiger charge is -2.16. The van der Waals surface area contributed by atoms with Crippen LogP contribution in [0.2, 0.25) is 0 Å². The largest absolute Gasteiger partial charge is 0.330 e. The van der Waals surface area contributed by atoms with Crippen molar-refractivity contribution >= 4 is 11.3 Å². The van der Waals surface area contributed by atoms with Gasteiger partial charge < -0.3 is 5.73 Å². The molecule has 2 rings (SSSR count). The molecule has 1 heterocycles. The van der Waals surface area contributed by atoms with Crippen LogP contribution in [0, 0.1) is 13.8 Å². The molecule has 0 bridgehead atoms. The van der Waals surface area contributed by atoms with E-state index in [9.17, 15) is 0 Å². The smallest absolute Gasteiger partial charge is 0.0934 e. The molecule has 0 aliphatic heterocycles. The van der Waals surface area contributed by atoms with Gasteiger partial charge >= 0.3 is 0 Å². The third-order valence-corrected chi connectivity index (χ3v) is 3.99. The fourth-order valence-electron chi connectivity index (χ4n) is 2.07. The summed E-state index contributed by atoms with van der Waals surface area (Å²) in [7, 11) is 0. The molecule has 0 fully saturated rings. The molecule has 0 saturated carbocycles. The number of nitrogens with two attached hydrogens (primary N) is 1. The third kappa shape index (κ3) is 2.93. The summed E-state index contributed by atoms with van der Waals surface area (Å²) in [5.74, 6) is 0.377. The highest BCUT2D eigenvalue weighted by Crippen LogP contribution is 2.24. The molecule has 0 aliphatic carbocycles. The Morgan fingerprint density at radius 2 is 2.06 bits per heavy atom. The van der Waals surface area contributed by atoms with Crippen molar-refractivity contribution in [1.82, 2.24) is 4.98 Å². The van der Waals surface area contributed by atoms with Crippen molar-refractivity contribution < 1.29 is 0 Å². The highest BCUT2D eigenvalue weighted by molar-refractivity contribution is 7.09. The lowest BCUT2D eigenvalue weighted by molar-refractivity contribution is 0.686. The Morgan fingerprint density at radius 3 is 2.65 bits per heavy atom. The van der Waals surface area contributed by atoms with E-state index in [0.29, 0.717) is 12.5 Å². The average molecular weight is 246 g/mol. The number of rotatable bonds is 4. The minimum absolute atomic E-state index is 0.377. The normalized spacial score (nSPS) is 12.6. The van der Waals surface area contributed by atoms with Gasteiger partial charge in [-0.3, -0.25) is 0 Å². The molecular formula is C14H18N2S. The number of hydrogen-bond donors (Lipinski definition) is 1. The molecule has 0 saturated heterocycles. The molecule has 1 aromatic heterocycles. The van der Waals surface area contributed by atoms with Crippen LogP contribution in [0.4, 0.5) is 0 Å². The Balaban J connectivity index is 2.20. The SMILES string of the molecule is Cc1csc(CC(CN)c2ccccc2C)n1. The molecule has 2 nitrogen and oxygen atoms in total. The van der Waals surface area contributed by atoms with Gasteiger partial charge in [0.05, 0.1) is 5.01 Å². The Labute approximate surface area is 107 Å². The first-order valence-corrected chi connectivity index (χ1v) is 6.75. The molecule has 1 unspecified atom stereocenters. The van der Waals surface area contributed by atoms with Crippen molar-refractivity contribution in [3.05, 3.63) is 51.5 Å². The fraction of sp³-hybridized carbons (Fsp3) is 0.357. The van der Waals surface area contributed by atoms with E-state index in [2.05, 4.69) is 41.6 Å². The van der Waals surface area contributed by atoms with Crippen LogP contribution in [-0.4, -0.2) is 11.5 Å². The summed E-state index contributed by atoms with van der Waals surface area (Å²) < 4.78 is 0. The number of thiazole rings is 1. The van der Waals surface area contributed by atoms with Crippen LogP contribution in [0.5, 0.6) is 0 Å². The number of aryl methyl sites for hydroxylation is 2. The summed E-state index contributed by atoms with van der Waals surface area (Å²) in [5, 5.41) is 3.28. The lowest BCUT2D eigenvalue weighted by atomic mass is 9.92. The van der Waals surface area contributed by atoms with E-state index in [0.717, 1.165) is 12.1 Å². The van der Waals surface area contributed by atoms with Gasteiger partial charge in [-0.15, -0.1) is 11.3 Å². The van der Waals surface area contributed by atoms with Crippen LogP contribution >= 0.6 is 11.3 Å². The van der Waals surface area contributed by atoms with E-state index in [1.54, 1.807) is 11.3 Å². The maximum atomic E-state index is 5.91. The van der Waals surface area contributed by atoms with E-state index in [4.69, 9.17) is 5.73 Å². The number of benzene rings is 1. The van der Waals surface area contributed by atoms with Crippen molar-refractivity contribution in [2.24, 2.45) is 5.73 Å². The summed E-state index contributed by atoms with van der Waals surface area (Å²) in [5.41, 5.74) is 9.67. The number of hydrogen-bond acceptors (Lipinski definition) is 3. The first-order chi connectivity index (χ1) is 8.20. The molecule has 3 heteroatoms. The van der Waals surface area contributed by atoms with Gasteiger partial charge in [-0.25, -0.2) is 4.98 Å². The van der Waals surface area contributed by atoms with E-state index in [1.165, 1.54) is 16.1 Å². The summed E-state index contributed by atoms with van der Waals surface area (Å²) in [6, 6.07) is 8.47. The number of aromatic nitrogens is 1. The van der Waals surface area contributed by atoms with Gasteiger partial charge in [0.2, 0.25) is 0 Å². The highest BCUT2D eigenvalue weighted by Gasteiger charge is 2.14.